The van der Waals surface area contributed by atoms with E-state index in [0.717, 1.165) is 6.42 Å². The molecule has 1 nitrogen and oxygen atoms in total. The van der Waals surface area contributed by atoms with Gasteiger partial charge >= 0.3 is 0 Å². The molecule has 1 aromatic rings. The fraction of sp³-hybridized carbons (Fsp3) is 0.294. The summed E-state index contributed by atoms with van der Waals surface area (Å²) in [6.45, 7) is 2.26. The second-order valence-electron chi connectivity index (χ2n) is 5.10. The van der Waals surface area contributed by atoms with Crippen molar-refractivity contribution in [2.75, 3.05) is 0 Å². The summed E-state index contributed by atoms with van der Waals surface area (Å²) in [5.74, 6) is 0.575. The van der Waals surface area contributed by atoms with E-state index in [1.54, 1.807) is 0 Å². The second-order valence-corrected chi connectivity index (χ2v) is 5.10. The van der Waals surface area contributed by atoms with Crippen molar-refractivity contribution in [1.82, 2.24) is 5.32 Å². The van der Waals surface area contributed by atoms with Crippen LogP contribution < -0.4 is 5.32 Å². The Hall–Kier alpha value is -1.60. The molecule has 3 atom stereocenters. The normalized spacial score (nSPS) is 30.5. The van der Waals surface area contributed by atoms with Gasteiger partial charge in [0.15, 0.2) is 0 Å². The first-order valence-electron chi connectivity index (χ1n) is 6.70. The molecule has 1 aromatic carbocycles. The van der Waals surface area contributed by atoms with Crippen LogP contribution in [0.3, 0.4) is 0 Å². The van der Waals surface area contributed by atoms with E-state index in [1.807, 2.05) is 0 Å². The van der Waals surface area contributed by atoms with Gasteiger partial charge in [0.25, 0.3) is 0 Å². The molecule has 1 heterocycles. The molecule has 1 aliphatic heterocycles. The minimum absolute atomic E-state index is 0.371. The summed E-state index contributed by atoms with van der Waals surface area (Å²) in [5.41, 5.74) is 2.89. The standard InChI is InChI=1S/C17H19N/c1-13-16(14-8-4-2-5-9-14)12-17(18-13)15-10-6-3-7-11-15/h2-8,10-14,17-18H,9H2,1H3. The molecule has 0 spiro atoms. The van der Waals surface area contributed by atoms with Crippen molar-refractivity contribution in [3.05, 3.63) is 71.8 Å². The number of allylic oxidation sites excluding steroid dienone is 4. The lowest BCUT2D eigenvalue weighted by Gasteiger charge is -2.19. The predicted molar refractivity (Wildman–Crippen MR) is 76.3 cm³/mol. The van der Waals surface area contributed by atoms with Crippen LogP contribution in [-0.4, -0.2) is 6.04 Å². The summed E-state index contributed by atoms with van der Waals surface area (Å²) in [6.07, 6.45) is 12.4. The third-order valence-corrected chi connectivity index (χ3v) is 3.86. The monoisotopic (exact) mass is 237 g/mol. The maximum Gasteiger partial charge on any atom is 0.0514 e. The van der Waals surface area contributed by atoms with Crippen LogP contribution in [0.15, 0.2) is 66.3 Å². The molecule has 2 aliphatic rings. The molecule has 0 fully saturated rings. The van der Waals surface area contributed by atoms with Gasteiger partial charge < -0.3 is 5.32 Å². The third-order valence-electron chi connectivity index (χ3n) is 3.86. The molecule has 0 saturated heterocycles. The van der Waals surface area contributed by atoms with E-state index in [4.69, 9.17) is 0 Å². The van der Waals surface area contributed by atoms with Crippen molar-refractivity contribution in [2.24, 2.45) is 5.92 Å². The third kappa shape index (κ3) is 2.19. The van der Waals surface area contributed by atoms with Crippen LogP contribution in [0.5, 0.6) is 0 Å². The topological polar surface area (TPSA) is 12.0 Å². The molecular weight excluding hydrogens is 218 g/mol. The molecule has 0 amide bonds. The van der Waals surface area contributed by atoms with E-state index in [2.05, 4.69) is 73.0 Å². The van der Waals surface area contributed by atoms with Crippen LogP contribution in [0.25, 0.3) is 0 Å². The Balaban J connectivity index is 1.83. The van der Waals surface area contributed by atoms with Gasteiger partial charge in [0.05, 0.1) is 6.04 Å². The molecular formula is C17H19N. The first-order chi connectivity index (χ1) is 8.84. The fourth-order valence-corrected chi connectivity index (χ4v) is 2.88. The zero-order chi connectivity index (χ0) is 12.4. The van der Waals surface area contributed by atoms with Crippen molar-refractivity contribution in [1.29, 1.82) is 0 Å². The Kier molecular flexibility index (Phi) is 3.16. The summed E-state index contributed by atoms with van der Waals surface area (Å²) < 4.78 is 0. The van der Waals surface area contributed by atoms with E-state index >= 15 is 0 Å². The molecule has 3 rings (SSSR count). The number of rotatable bonds is 2. The molecule has 1 aliphatic carbocycles. The second kappa shape index (κ2) is 4.95. The van der Waals surface area contributed by atoms with Crippen molar-refractivity contribution in [3.8, 4) is 0 Å². The number of hydrogen-bond donors (Lipinski definition) is 1. The van der Waals surface area contributed by atoms with Crippen molar-refractivity contribution >= 4 is 0 Å². The molecule has 0 saturated carbocycles. The minimum Gasteiger partial charge on any atom is -0.300 e. The van der Waals surface area contributed by atoms with Gasteiger partial charge in [-0.1, -0.05) is 60.7 Å². The molecule has 0 bridgehead atoms. The lowest BCUT2D eigenvalue weighted by atomic mass is 9.89. The van der Waals surface area contributed by atoms with E-state index in [-0.39, 0.29) is 0 Å². The Bertz CT molecular complexity index is 496. The van der Waals surface area contributed by atoms with Gasteiger partial charge in [-0.05, 0) is 24.5 Å². The maximum absolute atomic E-state index is 3.67. The van der Waals surface area contributed by atoms with Gasteiger partial charge in [-0.25, -0.2) is 0 Å². The van der Waals surface area contributed by atoms with Crippen LogP contribution in [-0.2, 0) is 0 Å². The highest BCUT2D eigenvalue weighted by Gasteiger charge is 2.26. The first kappa shape index (κ1) is 11.5. The summed E-state index contributed by atoms with van der Waals surface area (Å²) >= 11 is 0. The fourth-order valence-electron chi connectivity index (χ4n) is 2.88. The van der Waals surface area contributed by atoms with Crippen molar-refractivity contribution < 1.29 is 0 Å². The lowest BCUT2D eigenvalue weighted by Crippen LogP contribution is -2.26. The minimum atomic E-state index is 0.371. The molecule has 1 heteroatoms. The van der Waals surface area contributed by atoms with Crippen LogP contribution in [0, 0.1) is 5.92 Å². The van der Waals surface area contributed by atoms with Gasteiger partial charge in [0.1, 0.15) is 0 Å². The Morgan fingerprint density at radius 1 is 1.11 bits per heavy atom. The van der Waals surface area contributed by atoms with Gasteiger partial charge in [0.2, 0.25) is 0 Å². The Morgan fingerprint density at radius 2 is 1.94 bits per heavy atom. The Labute approximate surface area is 109 Å². The summed E-state index contributed by atoms with van der Waals surface area (Å²) in [6, 6.07) is 11.5. The van der Waals surface area contributed by atoms with Gasteiger partial charge in [-0.15, -0.1) is 0 Å². The largest absolute Gasteiger partial charge is 0.300 e. The van der Waals surface area contributed by atoms with E-state index in [1.165, 1.54) is 11.1 Å². The van der Waals surface area contributed by atoms with E-state index in [9.17, 15) is 0 Å². The predicted octanol–water partition coefficient (Wildman–Crippen LogP) is 3.78. The summed E-state index contributed by atoms with van der Waals surface area (Å²) in [5, 5.41) is 3.67. The van der Waals surface area contributed by atoms with Crippen LogP contribution >= 0.6 is 0 Å². The van der Waals surface area contributed by atoms with Crippen LogP contribution in [0.2, 0.25) is 0 Å². The highest BCUT2D eigenvalue weighted by atomic mass is 15.0. The van der Waals surface area contributed by atoms with E-state index in [0.29, 0.717) is 18.0 Å². The molecule has 92 valence electrons. The zero-order valence-electron chi connectivity index (χ0n) is 10.7. The van der Waals surface area contributed by atoms with Crippen LogP contribution in [0.1, 0.15) is 24.9 Å². The van der Waals surface area contributed by atoms with Gasteiger partial charge in [0, 0.05) is 12.0 Å². The summed E-state index contributed by atoms with van der Waals surface area (Å²) in [4.78, 5) is 0. The number of nitrogens with one attached hydrogen (secondary N) is 1. The van der Waals surface area contributed by atoms with Crippen molar-refractivity contribution in [2.45, 2.75) is 25.4 Å². The highest BCUT2D eigenvalue weighted by Crippen LogP contribution is 2.32. The van der Waals surface area contributed by atoms with Gasteiger partial charge in [-0.2, -0.15) is 0 Å². The smallest absolute Gasteiger partial charge is 0.0514 e. The molecule has 18 heavy (non-hydrogen) atoms. The Morgan fingerprint density at radius 3 is 2.67 bits per heavy atom. The summed E-state index contributed by atoms with van der Waals surface area (Å²) in [7, 11) is 0. The average Bonchev–Trinajstić information content (AvgIpc) is 2.83. The molecule has 0 aromatic heterocycles. The van der Waals surface area contributed by atoms with Crippen molar-refractivity contribution in [3.63, 3.8) is 0 Å². The maximum atomic E-state index is 3.67. The lowest BCUT2D eigenvalue weighted by molar-refractivity contribution is 0.575. The quantitative estimate of drug-likeness (QED) is 0.772. The SMILES string of the molecule is CC1NC(c2ccccc2)C=C1C1C=CC=CC1. The highest BCUT2D eigenvalue weighted by molar-refractivity contribution is 5.35. The molecule has 3 unspecified atom stereocenters. The average molecular weight is 237 g/mol. The van der Waals surface area contributed by atoms with E-state index < -0.39 is 0 Å². The first-order valence-corrected chi connectivity index (χ1v) is 6.70. The number of benzene rings is 1. The number of hydrogen-bond acceptors (Lipinski definition) is 1. The van der Waals surface area contributed by atoms with Gasteiger partial charge in [-0.3, -0.25) is 0 Å². The molecule has 0 radical (unpaired) electrons. The zero-order valence-corrected chi connectivity index (χ0v) is 10.7. The van der Waals surface area contributed by atoms with Crippen LogP contribution in [0.4, 0.5) is 0 Å². The molecule has 1 N–H and O–H groups in total.